The number of primary sulfonamides is 1. The van der Waals surface area contributed by atoms with E-state index in [-0.39, 0.29) is 17.6 Å². The van der Waals surface area contributed by atoms with Crippen LogP contribution in [0.15, 0.2) is 6.07 Å². The summed E-state index contributed by atoms with van der Waals surface area (Å²) in [6.45, 7) is 0.925. The number of sulfonamides is 1. The van der Waals surface area contributed by atoms with E-state index in [0.29, 0.717) is 31.0 Å². The van der Waals surface area contributed by atoms with Gasteiger partial charge in [0.1, 0.15) is 5.56 Å². The molecule has 2 aliphatic rings. The van der Waals surface area contributed by atoms with Crippen molar-refractivity contribution in [3.8, 4) is 5.88 Å². The van der Waals surface area contributed by atoms with Gasteiger partial charge in [0.05, 0.1) is 12.9 Å². The van der Waals surface area contributed by atoms with Gasteiger partial charge in [0, 0.05) is 18.8 Å². The van der Waals surface area contributed by atoms with E-state index in [1.807, 2.05) is 6.07 Å². The van der Waals surface area contributed by atoms with Crippen molar-refractivity contribution in [1.82, 2.24) is 9.88 Å². The number of hydrogen-bond acceptors (Lipinski definition) is 5. The van der Waals surface area contributed by atoms with E-state index in [9.17, 15) is 13.2 Å². The average Bonchev–Trinajstić information content (AvgIpc) is 3.11. The first kappa shape index (κ1) is 16.2. The number of hydrogen-bond donors (Lipinski definition) is 1. The minimum atomic E-state index is -3.52. The van der Waals surface area contributed by atoms with Gasteiger partial charge >= 0.3 is 0 Å². The Kier molecular flexibility index (Phi) is 4.29. The van der Waals surface area contributed by atoms with E-state index in [1.54, 1.807) is 4.90 Å². The third-order valence-electron chi connectivity index (χ3n) is 4.48. The number of nitrogens with two attached hydrogens (primary N) is 1. The monoisotopic (exact) mass is 339 g/mol. The molecule has 0 bridgehead atoms. The highest BCUT2D eigenvalue weighted by atomic mass is 32.2. The van der Waals surface area contributed by atoms with Crippen LogP contribution in [-0.4, -0.2) is 50.2 Å². The van der Waals surface area contributed by atoms with E-state index in [2.05, 4.69) is 4.98 Å². The number of amides is 1. The number of ether oxygens (including phenoxy) is 1. The maximum atomic E-state index is 12.8. The molecule has 8 heteroatoms. The Bertz CT molecular complexity index is 732. The number of nitrogens with zero attached hydrogens (tertiary/aromatic N) is 2. The molecule has 0 saturated carbocycles. The molecule has 3 rings (SSSR count). The summed E-state index contributed by atoms with van der Waals surface area (Å²) in [7, 11) is -2.01. The number of aryl methyl sites for hydroxylation is 2. The molecule has 1 saturated heterocycles. The number of methoxy groups -OCH3 is 1. The third-order valence-corrected chi connectivity index (χ3v) is 5.42. The van der Waals surface area contributed by atoms with Crippen molar-refractivity contribution in [3.05, 3.63) is 22.9 Å². The molecule has 0 spiro atoms. The Morgan fingerprint density at radius 2 is 2.26 bits per heavy atom. The van der Waals surface area contributed by atoms with Crippen LogP contribution in [0.4, 0.5) is 0 Å². The van der Waals surface area contributed by atoms with Gasteiger partial charge in [0.15, 0.2) is 0 Å². The molecule has 126 valence electrons. The van der Waals surface area contributed by atoms with Crippen LogP contribution in [0.1, 0.15) is 34.5 Å². The molecule has 1 fully saturated rings. The Balaban J connectivity index is 1.79. The first-order valence-corrected chi connectivity index (χ1v) is 9.45. The summed E-state index contributed by atoms with van der Waals surface area (Å²) in [6, 6.07) is 1.88. The summed E-state index contributed by atoms with van der Waals surface area (Å²) in [5.41, 5.74) is 2.57. The minimum absolute atomic E-state index is 0.0870. The quantitative estimate of drug-likeness (QED) is 0.851. The largest absolute Gasteiger partial charge is 0.480 e. The molecule has 1 amide bonds. The number of aromatic nitrogens is 1. The first-order valence-electron chi connectivity index (χ1n) is 7.74. The molecular formula is C15H21N3O4S. The van der Waals surface area contributed by atoms with E-state index in [1.165, 1.54) is 7.11 Å². The first-order chi connectivity index (χ1) is 10.9. The molecule has 7 nitrogen and oxygen atoms in total. The third kappa shape index (κ3) is 3.48. The van der Waals surface area contributed by atoms with Crippen molar-refractivity contribution < 1.29 is 17.9 Å². The smallest absolute Gasteiger partial charge is 0.259 e. The summed E-state index contributed by atoms with van der Waals surface area (Å²) < 4.78 is 27.7. The SMILES string of the molecule is COc1nc2c(cc1C(=O)N1CC[C@H](CS(N)(=O)=O)C1)CCC2. The van der Waals surface area contributed by atoms with Crippen LogP contribution >= 0.6 is 0 Å². The van der Waals surface area contributed by atoms with E-state index < -0.39 is 10.0 Å². The lowest BCUT2D eigenvalue weighted by atomic mass is 10.1. The Labute approximate surface area is 135 Å². The number of carbonyl (C=O) groups is 1. The van der Waals surface area contributed by atoms with Crippen LogP contribution in [0.2, 0.25) is 0 Å². The zero-order valence-corrected chi connectivity index (χ0v) is 13.9. The molecule has 0 radical (unpaired) electrons. The normalized spacial score (nSPS) is 20.6. The van der Waals surface area contributed by atoms with Gasteiger partial charge in [-0.3, -0.25) is 4.79 Å². The van der Waals surface area contributed by atoms with Crippen molar-refractivity contribution >= 4 is 15.9 Å². The zero-order chi connectivity index (χ0) is 16.6. The highest BCUT2D eigenvalue weighted by molar-refractivity contribution is 7.89. The maximum absolute atomic E-state index is 12.8. The predicted octanol–water partition coefficient (Wildman–Crippen LogP) is 0.330. The summed E-state index contributed by atoms with van der Waals surface area (Å²) in [4.78, 5) is 18.9. The fraction of sp³-hybridized carbons (Fsp3) is 0.600. The van der Waals surface area contributed by atoms with Gasteiger partial charge in [-0.25, -0.2) is 18.5 Å². The predicted molar refractivity (Wildman–Crippen MR) is 84.8 cm³/mol. The number of pyridine rings is 1. The lowest BCUT2D eigenvalue weighted by Crippen LogP contribution is -2.31. The van der Waals surface area contributed by atoms with Crippen LogP contribution in [0.5, 0.6) is 5.88 Å². The van der Waals surface area contributed by atoms with Gasteiger partial charge in [0.25, 0.3) is 5.91 Å². The second kappa shape index (κ2) is 6.09. The van der Waals surface area contributed by atoms with Crippen molar-refractivity contribution in [2.24, 2.45) is 11.1 Å². The molecule has 0 unspecified atom stereocenters. The van der Waals surface area contributed by atoms with Crippen LogP contribution in [0.25, 0.3) is 0 Å². The fourth-order valence-corrected chi connectivity index (χ4v) is 4.34. The number of likely N-dealkylation sites (tertiary alicyclic amines) is 1. The molecule has 2 heterocycles. The highest BCUT2D eigenvalue weighted by Crippen LogP contribution is 2.29. The van der Waals surface area contributed by atoms with Crippen molar-refractivity contribution in [3.63, 3.8) is 0 Å². The van der Waals surface area contributed by atoms with Gasteiger partial charge < -0.3 is 9.64 Å². The topological polar surface area (TPSA) is 103 Å². The molecule has 1 aliphatic carbocycles. The Hall–Kier alpha value is -1.67. The molecule has 1 aliphatic heterocycles. The molecule has 1 atom stereocenters. The van der Waals surface area contributed by atoms with Crippen LogP contribution in [0, 0.1) is 5.92 Å². The Morgan fingerprint density at radius 1 is 1.48 bits per heavy atom. The van der Waals surface area contributed by atoms with Crippen molar-refractivity contribution in [2.45, 2.75) is 25.7 Å². The fourth-order valence-electron chi connectivity index (χ4n) is 3.41. The number of carbonyl (C=O) groups excluding carboxylic acids is 1. The molecule has 23 heavy (non-hydrogen) atoms. The summed E-state index contributed by atoms with van der Waals surface area (Å²) >= 11 is 0. The molecule has 1 aromatic rings. The van der Waals surface area contributed by atoms with Crippen molar-refractivity contribution in [1.29, 1.82) is 0 Å². The standard InChI is InChI=1S/C15H21N3O4S/c1-22-14-12(7-11-3-2-4-13(11)17-14)15(19)18-6-5-10(8-18)9-23(16,20)21/h7,10H,2-6,8-9H2,1H3,(H2,16,20,21)/t10-/m0/s1. The molecule has 1 aromatic heterocycles. The van der Waals surface area contributed by atoms with Crippen LogP contribution in [0.3, 0.4) is 0 Å². The van der Waals surface area contributed by atoms with Gasteiger partial charge in [-0.15, -0.1) is 0 Å². The van der Waals surface area contributed by atoms with Crippen LogP contribution in [-0.2, 0) is 22.9 Å². The van der Waals surface area contributed by atoms with E-state index in [0.717, 1.165) is 30.5 Å². The van der Waals surface area contributed by atoms with Gasteiger partial charge in [-0.1, -0.05) is 0 Å². The summed E-state index contributed by atoms with van der Waals surface area (Å²) in [5.74, 6) is 0.00457. The lowest BCUT2D eigenvalue weighted by Gasteiger charge is -2.18. The molecular weight excluding hydrogens is 318 g/mol. The lowest BCUT2D eigenvalue weighted by molar-refractivity contribution is 0.0784. The van der Waals surface area contributed by atoms with Gasteiger partial charge in [-0.05, 0) is 43.2 Å². The Morgan fingerprint density at radius 3 is 2.96 bits per heavy atom. The summed E-state index contributed by atoms with van der Waals surface area (Å²) in [6.07, 6.45) is 3.53. The average molecular weight is 339 g/mol. The number of rotatable bonds is 4. The number of fused-ring (bicyclic) bond motifs is 1. The van der Waals surface area contributed by atoms with E-state index in [4.69, 9.17) is 9.88 Å². The van der Waals surface area contributed by atoms with Crippen LogP contribution < -0.4 is 9.88 Å². The van der Waals surface area contributed by atoms with Gasteiger partial charge in [0.2, 0.25) is 15.9 Å². The maximum Gasteiger partial charge on any atom is 0.259 e. The van der Waals surface area contributed by atoms with E-state index >= 15 is 0 Å². The second-order valence-electron chi connectivity index (χ2n) is 6.24. The summed E-state index contributed by atoms with van der Waals surface area (Å²) in [5, 5.41) is 5.09. The van der Waals surface area contributed by atoms with Gasteiger partial charge in [-0.2, -0.15) is 0 Å². The molecule has 0 aromatic carbocycles. The van der Waals surface area contributed by atoms with Crippen molar-refractivity contribution in [2.75, 3.05) is 26.0 Å². The molecule has 2 N–H and O–H groups in total. The zero-order valence-electron chi connectivity index (χ0n) is 13.1. The second-order valence-corrected chi connectivity index (χ2v) is 7.90. The minimum Gasteiger partial charge on any atom is -0.480 e. The highest BCUT2D eigenvalue weighted by Gasteiger charge is 2.31.